The van der Waals surface area contributed by atoms with E-state index in [1.54, 1.807) is 43.5 Å². The van der Waals surface area contributed by atoms with E-state index in [0.717, 1.165) is 4.47 Å². The number of methoxy groups -OCH3 is 1. The van der Waals surface area contributed by atoms with Crippen molar-refractivity contribution < 1.29 is 28.9 Å². The molecule has 2 rings (SSSR count). The zero-order valence-electron chi connectivity index (χ0n) is 14.6. The number of nitrogens with zero attached hydrogens (tertiary/aromatic N) is 1. The first-order chi connectivity index (χ1) is 13.4. The minimum atomic E-state index is -1.11. The van der Waals surface area contributed by atoms with Crippen LogP contribution in [0, 0.1) is 0 Å². The smallest absolute Gasteiger partial charge is 0.341 e. The number of aliphatic carboxylic acids is 1. The summed E-state index contributed by atoms with van der Waals surface area (Å²) in [5, 5.41) is 12.6. The first kappa shape index (κ1) is 21.7. The Morgan fingerprint density at radius 3 is 2.43 bits per heavy atom. The summed E-state index contributed by atoms with van der Waals surface area (Å²) in [5.41, 5.74) is 2.80. The molecule has 10 heteroatoms. The van der Waals surface area contributed by atoms with Crippen molar-refractivity contribution in [1.29, 1.82) is 0 Å². The monoisotopic (exact) mass is 514 g/mol. The Balaban J connectivity index is 1.95. The van der Waals surface area contributed by atoms with E-state index < -0.39 is 18.5 Å². The van der Waals surface area contributed by atoms with Gasteiger partial charge in [-0.05, 0) is 52.3 Å². The van der Waals surface area contributed by atoms with Gasteiger partial charge in [0, 0.05) is 10.0 Å². The predicted molar refractivity (Wildman–Crippen MR) is 109 cm³/mol. The number of carbonyl (C=O) groups is 2. The molecule has 0 aliphatic carbocycles. The third kappa shape index (κ3) is 6.86. The minimum Gasteiger partial charge on any atom is -0.497 e. The van der Waals surface area contributed by atoms with E-state index in [0.29, 0.717) is 21.5 Å². The Hall–Kier alpha value is -2.59. The van der Waals surface area contributed by atoms with Gasteiger partial charge in [-0.3, -0.25) is 4.79 Å². The molecule has 2 aromatic carbocycles. The van der Waals surface area contributed by atoms with Gasteiger partial charge in [-0.15, -0.1) is 0 Å². The van der Waals surface area contributed by atoms with E-state index in [2.05, 4.69) is 42.4 Å². The zero-order valence-corrected chi connectivity index (χ0v) is 17.8. The molecule has 0 fully saturated rings. The maximum absolute atomic E-state index is 11.9. The van der Waals surface area contributed by atoms with E-state index >= 15 is 0 Å². The fourth-order valence-corrected chi connectivity index (χ4v) is 3.36. The molecule has 0 aromatic heterocycles. The molecule has 1 amide bonds. The molecule has 0 aliphatic rings. The van der Waals surface area contributed by atoms with Crippen molar-refractivity contribution >= 4 is 50.0 Å². The summed E-state index contributed by atoms with van der Waals surface area (Å²) < 4.78 is 16.9. The van der Waals surface area contributed by atoms with Crippen LogP contribution < -0.4 is 19.6 Å². The second kappa shape index (κ2) is 10.7. The van der Waals surface area contributed by atoms with Gasteiger partial charge >= 0.3 is 5.97 Å². The molecule has 148 valence electrons. The lowest BCUT2D eigenvalue weighted by Gasteiger charge is -2.10. The average Bonchev–Trinajstić information content (AvgIpc) is 2.65. The Morgan fingerprint density at radius 1 is 1.11 bits per heavy atom. The highest BCUT2D eigenvalue weighted by Gasteiger charge is 2.11. The number of carboxylic acids is 1. The van der Waals surface area contributed by atoms with E-state index in [-0.39, 0.29) is 12.4 Å². The van der Waals surface area contributed by atoms with Crippen molar-refractivity contribution in [3.63, 3.8) is 0 Å². The third-order valence-corrected chi connectivity index (χ3v) is 4.25. The highest BCUT2D eigenvalue weighted by Crippen LogP contribution is 2.32. The van der Waals surface area contributed by atoms with Crippen LogP contribution >= 0.6 is 31.9 Å². The number of benzene rings is 2. The topological polar surface area (TPSA) is 106 Å². The van der Waals surface area contributed by atoms with Gasteiger partial charge in [-0.25, -0.2) is 10.2 Å². The lowest BCUT2D eigenvalue weighted by atomic mass is 10.2. The number of hydrogen-bond acceptors (Lipinski definition) is 6. The van der Waals surface area contributed by atoms with Crippen LogP contribution in [0.3, 0.4) is 0 Å². The molecule has 0 aliphatic heterocycles. The van der Waals surface area contributed by atoms with Gasteiger partial charge in [0.15, 0.2) is 13.2 Å². The molecule has 0 radical (unpaired) electrons. The summed E-state index contributed by atoms with van der Waals surface area (Å²) >= 11 is 6.63. The normalized spacial score (nSPS) is 10.5. The molecule has 8 nitrogen and oxygen atoms in total. The standard InChI is InChI=1S/C18H16Br2N2O6/c1-26-13-2-4-14(5-3-13)27-9-16(23)22-21-8-11-6-12(19)7-15(20)18(11)28-10-17(24)25/h2-8H,9-10H2,1H3,(H,22,23)(H,24,25)/b21-8+. The highest BCUT2D eigenvalue weighted by molar-refractivity contribution is 9.11. The largest absolute Gasteiger partial charge is 0.497 e. The Morgan fingerprint density at radius 2 is 1.79 bits per heavy atom. The van der Waals surface area contributed by atoms with Crippen molar-refractivity contribution in [1.82, 2.24) is 5.43 Å². The predicted octanol–water partition coefficient (Wildman–Crippen LogP) is 3.21. The fraction of sp³-hybridized carbons (Fsp3) is 0.167. The molecule has 2 N–H and O–H groups in total. The quantitative estimate of drug-likeness (QED) is 0.392. The van der Waals surface area contributed by atoms with Crippen molar-refractivity contribution in [2.45, 2.75) is 0 Å². The van der Waals surface area contributed by atoms with Gasteiger partial charge in [-0.2, -0.15) is 5.10 Å². The second-order valence-corrected chi connectivity index (χ2v) is 7.02. The van der Waals surface area contributed by atoms with Crippen molar-refractivity contribution in [3.8, 4) is 17.2 Å². The van der Waals surface area contributed by atoms with E-state index in [9.17, 15) is 9.59 Å². The number of rotatable bonds is 9. The molecule has 0 spiro atoms. The van der Waals surface area contributed by atoms with E-state index in [1.165, 1.54) is 6.21 Å². The summed E-state index contributed by atoms with van der Waals surface area (Å²) in [6.07, 6.45) is 1.35. The first-order valence-electron chi connectivity index (χ1n) is 7.81. The molecule has 0 unspecified atom stereocenters. The fourth-order valence-electron chi connectivity index (χ4n) is 1.99. The van der Waals surface area contributed by atoms with Gasteiger partial charge < -0.3 is 19.3 Å². The summed E-state index contributed by atoms with van der Waals surface area (Å²) in [4.78, 5) is 22.6. The molecule has 0 bridgehead atoms. The second-order valence-electron chi connectivity index (χ2n) is 5.25. The van der Waals surface area contributed by atoms with E-state index in [4.69, 9.17) is 19.3 Å². The van der Waals surface area contributed by atoms with Gasteiger partial charge in [0.25, 0.3) is 5.91 Å². The number of carbonyl (C=O) groups excluding carboxylic acids is 1. The zero-order chi connectivity index (χ0) is 20.5. The maximum Gasteiger partial charge on any atom is 0.341 e. The highest BCUT2D eigenvalue weighted by atomic mass is 79.9. The maximum atomic E-state index is 11.9. The van der Waals surface area contributed by atoms with Crippen LogP contribution in [0.1, 0.15) is 5.56 Å². The minimum absolute atomic E-state index is 0.228. The number of nitrogens with one attached hydrogen (secondary N) is 1. The molecule has 0 atom stereocenters. The molecule has 2 aromatic rings. The van der Waals surface area contributed by atoms with E-state index in [1.807, 2.05) is 0 Å². The lowest BCUT2D eigenvalue weighted by molar-refractivity contribution is -0.139. The molecule has 28 heavy (non-hydrogen) atoms. The van der Waals surface area contributed by atoms with Crippen LogP contribution in [-0.2, 0) is 9.59 Å². The summed E-state index contributed by atoms with van der Waals surface area (Å²) in [7, 11) is 1.56. The average molecular weight is 516 g/mol. The number of amides is 1. The first-order valence-corrected chi connectivity index (χ1v) is 9.40. The number of hydrazone groups is 1. The molecule has 0 heterocycles. The SMILES string of the molecule is COc1ccc(OCC(=O)N/N=C/c2cc(Br)cc(Br)c2OCC(=O)O)cc1. The lowest BCUT2D eigenvalue weighted by Crippen LogP contribution is -2.24. The van der Waals surface area contributed by atoms with Crippen LogP contribution in [-0.4, -0.2) is 43.5 Å². The summed E-state index contributed by atoms with van der Waals surface area (Å²) in [5.74, 6) is -0.0865. The van der Waals surface area contributed by atoms with Gasteiger partial charge in [0.1, 0.15) is 17.2 Å². The van der Waals surface area contributed by atoms with Crippen molar-refractivity contribution in [2.24, 2.45) is 5.10 Å². The number of ether oxygens (including phenoxy) is 3. The van der Waals surface area contributed by atoms with Crippen LogP contribution in [0.5, 0.6) is 17.2 Å². The molecule has 0 saturated carbocycles. The summed E-state index contributed by atoms with van der Waals surface area (Å²) in [6.45, 7) is -0.739. The molecular formula is C18H16Br2N2O6. The van der Waals surface area contributed by atoms with Gasteiger partial charge in [-0.1, -0.05) is 15.9 Å². The van der Waals surface area contributed by atoms with Crippen LogP contribution in [0.25, 0.3) is 0 Å². The number of halogens is 2. The van der Waals surface area contributed by atoms with Crippen LogP contribution in [0.2, 0.25) is 0 Å². The Labute approximate surface area is 177 Å². The van der Waals surface area contributed by atoms with Crippen molar-refractivity contribution in [3.05, 3.63) is 50.9 Å². The number of hydrogen-bond donors (Lipinski definition) is 2. The van der Waals surface area contributed by atoms with Crippen molar-refractivity contribution in [2.75, 3.05) is 20.3 Å². The summed E-state index contributed by atoms with van der Waals surface area (Å²) in [6, 6.07) is 10.2. The number of carboxylic acid groups (broad SMARTS) is 1. The van der Waals surface area contributed by atoms with Gasteiger partial charge in [0.2, 0.25) is 0 Å². The Bertz CT molecular complexity index is 871. The van der Waals surface area contributed by atoms with Crippen LogP contribution in [0.4, 0.5) is 0 Å². The Kier molecular flexibility index (Phi) is 8.27. The molecular weight excluding hydrogens is 500 g/mol. The van der Waals surface area contributed by atoms with Gasteiger partial charge in [0.05, 0.1) is 17.8 Å². The van der Waals surface area contributed by atoms with Crippen LogP contribution in [0.15, 0.2) is 50.4 Å². The molecule has 0 saturated heterocycles. The third-order valence-electron chi connectivity index (χ3n) is 3.20.